The van der Waals surface area contributed by atoms with Crippen LogP contribution in [0.1, 0.15) is 19.3 Å². The summed E-state index contributed by atoms with van der Waals surface area (Å²) in [7, 11) is 2.06. The SMILES string of the molecule is CN1CCN(C(=O)C2(N)CCC2)c2ccccc21. The lowest BCUT2D eigenvalue weighted by atomic mass is 9.76. The van der Waals surface area contributed by atoms with E-state index in [0.717, 1.165) is 43.7 Å². The Labute approximate surface area is 107 Å². The summed E-state index contributed by atoms with van der Waals surface area (Å²) in [5.74, 6) is 0.0919. The predicted molar refractivity (Wildman–Crippen MR) is 72.8 cm³/mol. The molecule has 0 atom stereocenters. The van der Waals surface area contributed by atoms with E-state index >= 15 is 0 Å². The van der Waals surface area contributed by atoms with Gasteiger partial charge in [0.05, 0.1) is 16.9 Å². The highest BCUT2D eigenvalue weighted by Crippen LogP contribution is 2.37. The Kier molecular flexibility index (Phi) is 2.55. The summed E-state index contributed by atoms with van der Waals surface area (Å²) in [5, 5.41) is 0. The number of para-hydroxylation sites is 2. The van der Waals surface area contributed by atoms with Crippen LogP contribution in [-0.4, -0.2) is 31.6 Å². The molecule has 1 aliphatic carbocycles. The third-order valence-corrected chi connectivity index (χ3v) is 4.16. The summed E-state index contributed by atoms with van der Waals surface area (Å²) in [6, 6.07) is 8.04. The van der Waals surface area contributed by atoms with Crippen LogP contribution in [0.4, 0.5) is 11.4 Å². The quantitative estimate of drug-likeness (QED) is 0.812. The first-order valence-corrected chi connectivity index (χ1v) is 6.53. The van der Waals surface area contributed by atoms with Crippen molar-refractivity contribution in [1.29, 1.82) is 0 Å². The number of anilines is 2. The van der Waals surface area contributed by atoms with Crippen LogP contribution in [-0.2, 0) is 4.79 Å². The maximum absolute atomic E-state index is 12.6. The molecule has 1 heterocycles. The van der Waals surface area contributed by atoms with Gasteiger partial charge >= 0.3 is 0 Å². The molecular weight excluding hydrogens is 226 g/mol. The summed E-state index contributed by atoms with van der Waals surface area (Å²) >= 11 is 0. The Bertz CT molecular complexity index is 482. The van der Waals surface area contributed by atoms with E-state index in [-0.39, 0.29) is 5.91 Å². The minimum absolute atomic E-state index is 0.0919. The fourth-order valence-electron chi connectivity index (χ4n) is 2.76. The second-order valence-corrected chi connectivity index (χ2v) is 5.38. The molecule has 4 heteroatoms. The normalized spacial score (nSPS) is 21.2. The van der Waals surface area contributed by atoms with Crippen LogP contribution >= 0.6 is 0 Å². The number of carbonyl (C=O) groups is 1. The van der Waals surface area contributed by atoms with E-state index in [9.17, 15) is 4.79 Å². The fraction of sp³-hybridized carbons (Fsp3) is 0.500. The van der Waals surface area contributed by atoms with Gasteiger partial charge in [-0.25, -0.2) is 0 Å². The van der Waals surface area contributed by atoms with Crippen LogP contribution < -0.4 is 15.5 Å². The van der Waals surface area contributed by atoms with Gasteiger partial charge in [-0.1, -0.05) is 12.1 Å². The molecule has 1 fully saturated rings. The van der Waals surface area contributed by atoms with Crippen LogP contribution in [0.15, 0.2) is 24.3 Å². The fourth-order valence-corrected chi connectivity index (χ4v) is 2.76. The van der Waals surface area contributed by atoms with Gasteiger partial charge in [-0.15, -0.1) is 0 Å². The lowest BCUT2D eigenvalue weighted by Crippen LogP contribution is -2.61. The van der Waals surface area contributed by atoms with E-state index in [1.54, 1.807) is 0 Å². The van der Waals surface area contributed by atoms with Crippen LogP contribution in [0.5, 0.6) is 0 Å². The van der Waals surface area contributed by atoms with Gasteiger partial charge in [0, 0.05) is 20.1 Å². The lowest BCUT2D eigenvalue weighted by Gasteiger charge is -2.43. The van der Waals surface area contributed by atoms with E-state index in [1.165, 1.54) is 0 Å². The molecule has 1 amide bonds. The van der Waals surface area contributed by atoms with Gasteiger partial charge in [0.1, 0.15) is 0 Å². The van der Waals surface area contributed by atoms with Crippen LogP contribution in [0.3, 0.4) is 0 Å². The average Bonchev–Trinajstić information content (AvgIpc) is 2.36. The summed E-state index contributed by atoms with van der Waals surface area (Å²) in [5.41, 5.74) is 7.66. The first-order chi connectivity index (χ1) is 8.62. The molecule has 0 spiro atoms. The van der Waals surface area contributed by atoms with Crippen LogP contribution in [0.2, 0.25) is 0 Å². The number of amides is 1. The minimum atomic E-state index is -0.608. The topological polar surface area (TPSA) is 49.6 Å². The van der Waals surface area contributed by atoms with Crippen molar-refractivity contribution >= 4 is 17.3 Å². The molecule has 18 heavy (non-hydrogen) atoms. The van der Waals surface area contributed by atoms with Gasteiger partial charge in [-0.3, -0.25) is 4.79 Å². The van der Waals surface area contributed by atoms with Gasteiger partial charge in [0.2, 0.25) is 5.91 Å². The van der Waals surface area contributed by atoms with Crippen molar-refractivity contribution in [2.24, 2.45) is 5.73 Å². The maximum atomic E-state index is 12.6. The molecule has 1 aromatic carbocycles. The van der Waals surface area contributed by atoms with Crippen LogP contribution in [0, 0.1) is 0 Å². The summed E-state index contributed by atoms with van der Waals surface area (Å²) in [6.07, 6.45) is 2.71. The molecule has 0 unspecified atom stereocenters. The molecule has 2 N–H and O–H groups in total. The van der Waals surface area contributed by atoms with E-state index < -0.39 is 5.54 Å². The second kappa shape index (κ2) is 3.99. The number of nitrogens with two attached hydrogens (primary N) is 1. The van der Waals surface area contributed by atoms with E-state index in [1.807, 2.05) is 23.1 Å². The van der Waals surface area contributed by atoms with Crippen molar-refractivity contribution in [2.75, 3.05) is 29.9 Å². The minimum Gasteiger partial charge on any atom is -0.371 e. The zero-order valence-corrected chi connectivity index (χ0v) is 10.7. The Hall–Kier alpha value is -1.55. The van der Waals surface area contributed by atoms with Crippen molar-refractivity contribution in [3.63, 3.8) is 0 Å². The number of benzene rings is 1. The van der Waals surface area contributed by atoms with Crippen molar-refractivity contribution in [2.45, 2.75) is 24.8 Å². The van der Waals surface area contributed by atoms with Crippen molar-refractivity contribution in [3.8, 4) is 0 Å². The highest BCUT2D eigenvalue weighted by atomic mass is 16.2. The number of likely N-dealkylation sites (N-methyl/N-ethyl adjacent to an activating group) is 1. The van der Waals surface area contributed by atoms with Gasteiger partial charge < -0.3 is 15.5 Å². The molecule has 0 aromatic heterocycles. The summed E-state index contributed by atoms with van der Waals surface area (Å²) in [4.78, 5) is 16.6. The maximum Gasteiger partial charge on any atom is 0.247 e. The van der Waals surface area contributed by atoms with Crippen molar-refractivity contribution in [3.05, 3.63) is 24.3 Å². The molecule has 96 valence electrons. The number of hydrogen-bond donors (Lipinski definition) is 1. The highest BCUT2D eigenvalue weighted by Gasteiger charge is 2.44. The van der Waals surface area contributed by atoms with Crippen LogP contribution in [0.25, 0.3) is 0 Å². The molecule has 3 rings (SSSR count). The van der Waals surface area contributed by atoms with E-state index in [0.29, 0.717) is 0 Å². The molecule has 0 radical (unpaired) electrons. The van der Waals surface area contributed by atoms with Gasteiger partial charge in [-0.05, 0) is 31.4 Å². The second-order valence-electron chi connectivity index (χ2n) is 5.38. The Balaban J connectivity index is 1.95. The number of fused-ring (bicyclic) bond motifs is 1. The number of rotatable bonds is 1. The Morgan fingerprint density at radius 1 is 1.22 bits per heavy atom. The third kappa shape index (κ3) is 1.60. The average molecular weight is 245 g/mol. The Morgan fingerprint density at radius 3 is 2.50 bits per heavy atom. The first-order valence-electron chi connectivity index (χ1n) is 6.53. The number of nitrogens with zero attached hydrogens (tertiary/aromatic N) is 2. The molecular formula is C14H19N3O. The molecule has 2 aliphatic rings. The highest BCUT2D eigenvalue weighted by molar-refractivity contribution is 6.03. The monoisotopic (exact) mass is 245 g/mol. The van der Waals surface area contributed by atoms with E-state index in [4.69, 9.17) is 5.73 Å². The zero-order chi connectivity index (χ0) is 12.8. The largest absolute Gasteiger partial charge is 0.371 e. The smallest absolute Gasteiger partial charge is 0.247 e. The molecule has 4 nitrogen and oxygen atoms in total. The predicted octanol–water partition coefficient (Wildman–Crippen LogP) is 1.35. The Morgan fingerprint density at radius 2 is 1.89 bits per heavy atom. The van der Waals surface area contributed by atoms with Crippen molar-refractivity contribution < 1.29 is 4.79 Å². The zero-order valence-electron chi connectivity index (χ0n) is 10.7. The molecule has 1 aromatic rings. The standard InChI is InChI=1S/C14H19N3O/c1-16-9-10-17(12-6-3-2-5-11(12)16)13(18)14(15)7-4-8-14/h2-3,5-6H,4,7-10,15H2,1H3. The van der Waals surface area contributed by atoms with Gasteiger partial charge in [0.25, 0.3) is 0 Å². The molecule has 1 saturated carbocycles. The number of carbonyl (C=O) groups excluding carboxylic acids is 1. The molecule has 0 saturated heterocycles. The van der Waals surface area contributed by atoms with Gasteiger partial charge in [-0.2, -0.15) is 0 Å². The summed E-state index contributed by atoms with van der Waals surface area (Å²) in [6.45, 7) is 1.59. The molecule has 1 aliphatic heterocycles. The first kappa shape index (κ1) is 11.5. The third-order valence-electron chi connectivity index (χ3n) is 4.16. The lowest BCUT2D eigenvalue weighted by molar-refractivity contribution is -0.126. The number of hydrogen-bond acceptors (Lipinski definition) is 3. The molecule has 0 bridgehead atoms. The van der Waals surface area contributed by atoms with E-state index in [2.05, 4.69) is 18.0 Å². The van der Waals surface area contributed by atoms with Crippen molar-refractivity contribution in [1.82, 2.24) is 0 Å². The van der Waals surface area contributed by atoms with Gasteiger partial charge in [0.15, 0.2) is 0 Å². The summed E-state index contributed by atoms with van der Waals surface area (Å²) < 4.78 is 0.